The lowest BCUT2D eigenvalue weighted by atomic mass is 10.3. The molecule has 5 heteroatoms. The molecular weight excluding hydrogens is 298 g/mol. The van der Waals surface area contributed by atoms with Crippen molar-refractivity contribution in [1.82, 2.24) is 4.98 Å². The van der Waals surface area contributed by atoms with Crippen LogP contribution in [0.15, 0.2) is 34.5 Å². The van der Waals surface area contributed by atoms with Crippen LogP contribution in [0.2, 0.25) is 0 Å². The molecule has 0 saturated carbocycles. The van der Waals surface area contributed by atoms with Crippen LogP contribution >= 0.6 is 34.7 Å². The standard InChI is InChI=1S/C14H16ClNOS2/c1-3-11(14-16-10(8-15)9-19-14)17-12-6-4-5-7-13(12)18-2/h4-7,9,11H,3,8H2,1-2H3. The highest BCUT2D eigenvalue weighted by molar-refractivity contribution is 7.98. The van der Waals surface area contributed by atoms with E-state index in [1.165, 1.54) is 0 Å². The largest absolute Gasteiger partial charge is 0.482 e. The Kier molecular flexibility index (Phi) is 5.55. The lowest BCUT2D eigenvalue weighted by Crippen LogP contribution is -2.06. The van der Waals surface area contributed by atoms with Crippen molar-refractivity contribution in [1.29, 1.82) is 0 Å². The van der Waals surface area contributed by atoms with E-state index in [0.29, 0.717) is 5.88 Å². The number of alkyl halides is 1. The topological polar surface area (TPSA) is 22.1 Å². The number of thioether (sulfide) groups is 1. The third-order valence-electron chi connectivity index (χ3n) is 2.69. The molecule has 1 heterocycles. The van der Waals surface area contributed by atoms with Gasteiger partial charge in [-0.25, -0.2) is 4.98 Å². The summed E-state index contributed by atoms with van der Waals surface area (Å²) in [5, 5.41) is 2.99. The lowest BCUT2D eigenvalue weighted by molar-refractivity contribution is 0.195. The summed E-state index contributed by atoms with van der Waals surface area (Å²) in [4.78, 5) is 5.65. The molecule has 1 unspecified atom stereocenters. The second kappa shape index (κ2) is 7.17. The van der Waals surface area contributed by atoms with E-state index in [9.17, 15) is 0 Å². The Bertz CT molecular complexity index is 530. The SMILES string of the molecule is CCC(Oc1ccccc1SC)c1nc(CCl)cs1. The maximum atomic E-state index is 6.11. The van der Waals surface area contributed by atoms with Crippen LogP contribution in [0.4, 0.5) is 0 Å². The number of halogens is 1. The maximum Gasteiger partial charge on any atom is 0.150 e. The minimum Gasteiger partial charge on any atom is -0.482 e. The smallest absolute Gasteiger partial charge is 0.150 e. The number of rotatable bonds is 6. The predicted molar refractivity (Wildman–Crippen MR) is 83.6 cm³/mol. The third kappa shape index (κ3) is 3.65. The van der Waals surface area contributed by atoms with Crippen molar-refractivity contribution in [2.75, 3.05) is 6.26 Å². The van der Waals surface area contributed by atoms with E-state index < -0.39 is 0 Å². The average Bonchev–Trinajstić information content (AvgIpc) is 2.93. The Labute approximate surface area is 127 Å². The summed E-state index contributed by atoms with van der Waals surface area (Å²) in [6.07, 6.45) is 2.94. The van der Waals surface area contributed by atoms with Gasteiger partial charge in [0.15, 0.2) is 0 Å². The Morgan fingerprint density at radius 3 is 2.84 bits per heavy atom. The van der Waals surface area contributed by atoms with Crippen molar-refractivity contribution in [3.05, 3.63) is 40.3 Å². The fraction of sp³-hybridized carbons (Fsp3) is 0.357. The molecule has 0 amide bonds. The molecule has 0 aliphatic carbocycles. The fourth-order valence-corrected chi connectivity index (χ4v) is 3.40. The summed E-state index contributed by atoms with van der Waals surface area (Å²) in [7, 11) is 0. The van der Waals surface area contributed by atoms with Crippen molar-refractivity contribution >= 4 is 34.7 Å². The molecule has 0 fully saturated rings. The van der Waals surface area contributed by atoms with E-state index in [2.05, 4.69) is 24.2 Å². The van der Waals surface area contributed by atoms with Crippen LogP contribution < -0.4 is 4.74 Å². The van der Waals surface area contributed by atoms with Crippen molar-refractivity contribution in [3.8, 4) is 5.75 Å². The molecule has 1 atom stereocenters. The molecule has 1 aromatic heterocycles. The van der Waals surface area contributed by atoms with Gasteiger partial charge >= 0.3 is 0 Å². The van der Waals surface area contributed by atoms with Gasteiger partial charge in [-0.05, 0) is 24.8 Å². The minimum atomic E-state index is -0.00438. The molecule has 0 radical (unpaired) electrons. The lowest BCUT2D eigenvalue weighted by Gasteiger charge is -2.17. The summed E-state index contributed by atoms with van der Waals surface area (Å²) in [5.74, 6) is 1.37. The number of aromatic nitrogens is 1. The highest BCUT2D eigenvalue weighted by Crippen LogP contribution is 2.33. The molecule has 0 saturated heterocycles. The second-order valence-corrected chi connectivity index (χ2v) is 5.98. The summed E-state index contributed by atoms with van der Waals surface area (Å²) in [6.45, 7) is 2.11. The second-order valence-electron chi connectivity index (χ2n) is 3.98. The molecule has 0 aliphatic heterocycles. The molecule has 0 spiro atoms. The maximum absolute atomic E-state index is 6.11. The summed E-state index contributed by atoms with van der Waals surface area (Å²) < 4.78 is 6.11. The van der Waals surface area contributed by atoms with Gasteiger partial charge in [0.25, 0.3) is 0 Å². The van der Waals surface area contributed by atoms with E-state index >= 15 is 0 Å². The molecule has 19 heavy (non-hydrogen) atoms. The normalized spacial score (nSPS) is 12.4. The van der Waals surface area contributed by atoms with Gasteiger partial charge < -0.3 is 4.74 Å². The highest BCUT2D eigenvalue weighted by Gasteiger charge is 2.16. The van der Waals surface area contributed by atoms with Crippen molar-refractivity contribution in [2.24, 2.45) is 0 Å². The monoisotopic (exact) mass is 313 g/mol. The number of hydrogen-bond donors (Lipinski definition) is 0. The van der Waals surface area contributed by atoms with Crippen LogP contribution in [0.25, 0.3) is 0 Å². The quantitative estimate of drug-likeness (QED) is 0.545. The number of benzene rings is 1. The Hall–Kier alpha value is -0.710. The van der Waals surface area contributed by atoms with Gasteiger partial charge in [-0.3, -0.25) is 0 Å². The zero-order valence-corrected chi connectivity index (χ0v) is 13.3. The number of ether oxygens (including phenoxy) is 1. The average molecular weight is 314 g/mol. The van der Waals surface area contributed by atoms with E-state index in [1.807, 2.05) is 23.6 Å². The van der Waals surface area contributed by atoms with Crippen LogP contribution in [0.3, 0.4) is 0 Å². The zero-order chi connectivity index (χ0) is 13.7. The van der Waals surface area contributed by atoms with Crippen molar-refractivity contribution in [2.45, 2.75) is 30.2 Å². The van der Waals surface area contributed by atoms with E-state index in [0.717, 1.165) is 27.8 Å². The highest BCUT2D eigenvalue weighted by atomic mass is 35.5. The molecule has 2 aromatic rings. The number of thiazole rings is 1. The van der Waals surface area contributed by atoms with E-state index in [1.54, 1.807) is 23.1 Å². The van der Waals surface area contributed by atoms with Gasteiger partial charge in [0.2, 0.25) is 0 Å². The molecule has 2 nitrogen and oxygen atoms in total. The first-order valence-corrected chi connectivity index (χ1v) is 8.72. The summed E-state index contributed by atoms with van der Waals surface area (Å²) in [5.41, 5.74) is 0.918. The minimum absolute atomic E-state index is 0.00438. The molecule has 1 aromatic carbocycles. The molecule has 0 aliphatic rings. The van der Waals surface area contributed by atoms with E-state index in [4.69, 9.17) is 16.3 Å². The Morgan fingerprint density at radius 1 is 1.42 bits per heavy atom. The van der Waals surface area contributed by atoms with Crippen LogP contribution in [0.5, 0.6) is 5.75 Å². The third-order valence-corrected chi connectivity index (χ3v) is 4.73. The van der Waals surface area contributed by atoms with Crippen molar-refractivity contribution < 1.29 is 4.74 Å². The molecular formula is C14H16ClNOS2. The van der Waals surface area contributed by atoms with Crippen LogP contribution in [-0.2, 0) is 5.88 Å². The molecule has 2 rings (SSSR count). The summed E-state index contributed by atoms with van der Waals surface area (Å²) >= 11 is 9.10. The number of para-hydroxylation sites is 1. The first-order valence-electron chi connectivity index (χ1n) is 6.08. The predicted octanol–water partition coefficient (Wildman–Crippen LogP) is 5.13. The number of hydrogen-bond acceptors (Lipinski definition) is 4. The van der Waals surface area contributed by atoms with Gasteiger partial charge in [-0.1, -0.05) is 19.1 Å². The van der Waals surface area contributed by atoms with Gasteiger partial charge in [-0.15, -0.1) is 34.7 Å². The summed E-state index contributed by atoms with van der Waals surface area (Å²) in [6, 6.07) is 8.09. The first-order chi connectivity index (χ1) is 9.28. The molecule has 0 N–H and O–H groups in total. The number of nitrogens with zero attached hydrogens (tertiary/aromatic N) is 1. The molecule has 102 valence electrons. The zero-order valence-electron chi connectivity index (χ0n) is 10.9. The van der Waals surface area contributed by atoms with Gasteiger partial charge in [0.05, 0.1) is 11.6 Å². The first kappa shape index (κ1) is 14.7. The molecule has 0 bridgehead atoms. The van der Waals surface area contributed by atoms with Crippen LogP contribution in [0.1, 0.15) is 30.2 Å². The van der Waals surface area contributed by atoms with Crippen molar-refractivity contribution in [3.63, 3.8) is 0 Å². The van der Waals surface area contributed by atoms with Gasteiger partial charge in [0.1, 0.15) is 16.9 Å². The Morgan fingerprint density at radius 2 is 2.21 bits per heavy atom. The fourth-order valence-electron chi connectivity index (χ4n) is 1.71. The van der Waals surface area contributed by atoms with Gasteiger partial charge in [0, 0.05) is 10.3 Å². The van der Waals surface area contributed by atoms with Crippen LogP contribution in [-0.4, -0.2) is 11.2 Å². The Balaban J connectivity index is 2.18. The van der Waals surface area contributed by atoms with Crippen LogP contribution in [0, 0.1) is 0 Å². The van der Waals surface area contributed by atoms with E-state index in [-0.39, 0.29) is 6.10 Å². The van der Waals surface area contributed by atoms with Gasteiger partial charge in [-0.2, -0.15) is 0 Å².